The molecule has 0 aromatic heterocycles. The van der Waals surface area contributed by atoms with Crippen molar-refractivity contribution in [1.82, 2.24) is 5.32 Å². The van der Waals surface area contributed by atoms with Crippen LogP contribution in [-0.4, -0.2) is 47.4 Å². The summed E-state index contributed by atoms with van der Waals surface area (Å²) in [5.41, 5.74) is 0. The second kappa shape index (κ2) is 81.5. The van der Waals surface area contributed by atoms with Crippen molar-refractivity contribution in [3.63, 3.8) is 0 Å². The van der Waals surface area contributed by atoms with Gasteiger partial charge in [-0.25, -0.2) is 0 Å². The molecule has 0 aliphatic rings. The van der Waals surface area contributed by atoms with Gasteiger partial charge in [0, 0.05) is 12.8 Å². The van der Waals surface area contributed by atoms with E-state index in [0.717, 1.165) is 51.4 Å². The van der Waals surface area contributed by atoms with Crippen LogP contribution in [0.2, 0.25) is 0 Å². The predicted molar refractivity (Wildman–Crippen MR) is 407 cm³/mol. The number of rotatable bonds is 80. The lowest BCUT2D eigenvalue weighted by Gasteiger charge is -2.20. The van der Waals surface area contributed by atoms with E-state index in [1.165, 1.54) is 398 Å². The van der Waals surface area contributed by atoms with Crippen LogP contribution in [0, 0.1) is 0 Å². The van der Waals surface area contributed by atoms with Gasteiger partial charge >= 0.3 is 5.97 Å². The first-order valence-corrected chi connectivity index (χ1v) is 42.3. The summed E-state index contributed by atoms with van der Waals surface area (Å²) in [7, 11) is 0. The van der Waals surface area contributed by atoms with E-state index in [9.17, 15) is 19.8 Å². The Morgan fingerprint density at radius 1 is 0.304 bits per heavy atom. The first-order chi connectivity index (χ1) is 45.5. The van der Waals surface area contributed by atoms with Crippen LogP contribution in [0.4, 0.5) is 0 Å². The third kappa shape index (κ3) is 77.1. The van der Waals surface area contributed by atoms with Crippen molar-refractivity contribution >= 4 is 11.9 Å². The van der Waals surface area contributed by atoms with Crippen LogP contribution >= 0.6 is 0 Å². The molecular formula is C86H165NO5. The van der Waals surface area contributed by atoms with Gasteiger partial charge < -0.3 is 20.3 Å². The highest BCUT2D eigenvalue weighted by Crippen LogP contribution is 2.21. The van der Waals surface area contributed by atoms with E-state index in [0.29, 0.717) is 19.4 Å². The summed E-state index contributed by atoms with van der Waals surface area (Å²) in [6.07, 6.45) is 107. The lowest BCUT2D eigenvalue weighted by atomic mass is 10.0. The zero-order valence-corrected chi connectivity index (χ0v) is 62.6. The molecule has 0 aliphatic heterocycles. The van der Waals surface area contributed by atoms with Gasteiger partial charge in [-0.05, 0) is 64.2 Å². The summed E-state index contributed by atoms with van der Waals surface area (Å²) in [6, 6.07) is -0.625. The summed E-state index contributed by atoms with van der Waals surface area (Å²) >= 11 is 0. The highest BCUT2D eigenvalue weighted by molar-refractivity contribution is 5.76. The van der Waals surface area contributed by atoms with Crippen LogP contribution in [0.1, 0.15) is 476 Å². The minimum Gasteiger partial charge on any atom is -0.466 e. The number of hydrogen-bond donors (Lipinski definition) is 3. The van der Waals surface area contributed by atoms with Gasteiger partial charge in [-0.15, -0.1) is 0 Å². The number of hydrogen-bond acceptors (Lipinski definition) is 5. The van der Waals surface area contributed by atoms with Crippen LogP contribution in [0.5, 0.6) is 0 Å². The van der Waals surface area contributed by atoms with Crippen molar-refractivity contribution in [3.8, 4) is 0 Å². The summed E-state index contributed by atoms with van der Waals surface area (Å²) < 4.78 is 5.50. The average molecular weight is 1290 g/mol. The third-order valence-corrected chi connectivity index (χ3v) is 19.9. The Kier molecular flexibility index (Phi) is 79.8. The van der Waals surface area contributed by atoms with Gasteiger partial charge in [0.05, 0.1) is 25.4 Å². The Balaban J connectivity index is 3.33. The van der Waals surface area contributed by atoms with Gasteiger partial charge in [-0.1, -0.05) is 436 Å². The number of allylic oxidation sites excluding steroid dienone is 5. The van der Waals surface area contributed by atoms with Crippen LogP contribution in [0.3, 0.4) is 0 Å². The molecule has 0 radical (unpaired) electrons. The fourth-order valence-corrected chi connectivity index (χ4v) is 13.5. The van der Waals surface area contributed by atoms with Crippen molar-refractivity contribution in [2.75, 3.05) is 13.2 Å². The molecule has 6 nitrogen and oxygen atoms in total. The number of carbonyl (C=O) groups is 2. The maximum absolute atomic E-state index is 12.6. The SMILES string of the molecule is CCCCC/C=C\C/C=C\CCCCCCCC(=O)OCCCCCCCCCCCCCCCCCCCCCCCCCCCCCCCCCCCCCCCC(=O)NC(CO)C(O)/C=C/CCCCCCCCCCCCCCCCCCCCCCC. The number of ether oxygens (including phenoxy) is 1. The molecule has 0 bridgehead atoms. The number of carbonyl (C=O) groups excluding carboxylic acids is 2. The molecule has 544 valence electrons. The molecule has 6 heteroatoms. The molecule has 0 fully saturated rings. The monoisotopic (exact) mass is 1290 g/mol. The van der Waals surface area contributed by atoms with Crippen LogP contribution in [0.15, 0.2) is 36.5 Å². The molecule has 0 aliphatic carbocycles. The van der Waals surface area contributed by atoms with Crippen LogP contribution in [0.25, 0.3) is 0 Å². The Labute approximate surface area is 576 Å². The van der Waals surface area contributed by atoms with Crippen molar-refractivity contribution in [2.45, 2.75) is 488 Å². The number of unbranched alkanes of at least 4 members (excludes halogenated alkanes) is 65. The van der Waals surface area contributed by atoms with Gasteiger partial charge in [0.15, 0.2) is 0 Å². The fraction of sp³-hybridized carbons (Fsp3) is 0.907. The van der Waals surface area contributed by atoms with Gasteiger partial charge in [-0.2, -0.15) is 0 Å². The zero-order valence-electron chi connectivity index (χ0n) is 62.6. The molecule has 0 saturated heterocycles. The number of amides is 1. The molecule has 92 heavy (non-hydrogen) atoms. The lowest BCUT2D eigenvalue weighted by molar-refractivity contribution is -0.143. The predicted octanol–water partition coefficient (Wildman–Crippen LogP) is 28.2. The summed E-state index contributed by atoms with van der Waals surface area (Å²) in [5.74, 6) is -0.0471. The van der Waals surface area contributed by atoms with E-state index in [4.69, 9.17) is 4.74 Å². The van der Waals surface area contributed by atoms with Gasteiger partial charge in [0.2, 0.25) is 5.91 Å². The summed E-state index contributed by atoms with van der Waals surface area (Å²) in [6.45, 7) is 4.93. The van der Waals surface area contributed by atoms with Crippen LogP contribution in [-0.2, 0) is 14.3 Å². The topological polar surface area (TPSA) is 95.9 Å². The molecule has 0 aromatic carbocycles. The molecule has 1 amide bonds. The molecule has 0 spiro atoms. The van der Waals surface area contributed by atoms with Crippen molar-refractivity contribution in [2.24, 2.45) is 0 Å². The van der Waals surface area contributed by atoms with Gasteiger partial charge in [0.25, 0.3) is 0 Å². The van der Waals surface area contributed by atoms with E-state index in [-0.39, 0.29) is 18.5 Å². The molecular weight excluding hydrogens is 1130 g/mol. The summed E-state index contributed by atoms with van der Waals surface area (Å²) in [5, 5.41) is 23.3. The molecule has 3 N–H and O–H groups in total. The smallest absolute Gasteiger partial charge is 0.305 e. The molecule has 0 heterocycles. The molecule has 0 rings (SSSR count). The van der Waals surface area contributed by atoms with Crippen molar-refractivity contribution in [1.29, 1.82) is 0 Å². The molecule has 2 unspecified atom stereocenters. The van der Waals surface area contributed by atoms with Gasteiger partial charge in [-0.3, -0.25) is 9.59 Å². The average Bonchev–Trinajstić information content (AvgIpc) is 3.62. The minimum absolute atomic E-state index is 0.00986. The first-order valence-electron chi connectivity index (χ1n) is 42.3. The minimum atomic E-state index is -0.842. The third-order valence-electron chi connectivity index (χ3n) is 19.9. The maximum Gasteiger partial charge on any atom is 0.305 e. The quantitative estimate of drug-likeness (QED) is 0.0320. The number of nitrogens with one attached hydrogen (secondary N) is 1. The van der Waals surface area contributed by atoms with Crippen molar-refractivity contribution in [3.05, 3.63) is 36.5 Å². The summed E-state index contributed by atoms with van der Waals surface area (Å²) in [4.78, 5) is 24.6. The Bertz CT molecular complexity index is 1490. The standard InChI is InChI=1S/C86H165NO5/c1-3-5-7-9-11-13-15-17-19-20-21-22-38-41-44-47-51-54-58-62-66-70-74-78-84(89)83(82-88)87-85(90)79-75-71-67-63-59-55-52-48-45-42-39-36-34-32-30-28-26-24-23-25-27-29-31-33-35-37-40-43-46-49-53-57-61-65-69-73-77-81-92-86(91)80-76-72-68-64-60-56-50-18-16-14-12-10-8-6-4-2/h12,14,18,50,74,78,83-84,88-89H,3-11,13,15-17,19-49,51-73,75-77,79-82H2,1-2H3,(H,87,90)/b14-12-,50-18-,78-74+. The fourth-order valence-electron chi connectivity index (χ4n) is 13.5. The zero-order chi connectivity index (χ0) is 66.3. The number of aliphatic hydroxyl groups excluding tert-OH is 2. The van der Waals surface area contributed by atoms with Crippen LogP contribution < -0.4 is 5.32 Å². The Morgan fingerprint density at radius 3 is 0.848 bits per heavy atom. The molecule has 0 saturated carbocycles. The first kappa shape index (κ1) is 90.1. The lowest BCUT2D eigenvalue weighted by Crippen LogP contribution is -2.45. The van der Waals surface area contributed by atoms with Gasteiger partial charge in [0.1, 0.15) is 0 Å². The highest BCUT2D eigenvalue weighted by Gasteiger charge is 2.18. The van der Waals surface area contributed by atoms with E-state index < -0.39 is 12.1 Å². The van der Waals surface area contributed by atoms with E-state index in [1.54, 1.807) is 6.08 Å². The second-order valence-corrected chi connectivity index (χ2v) is 29.2. The second-order valence-electron chi connectivity index (χ2n) is 29.2. The number of esters is 1. The molecule has 2 atom stereocenters. The van der Waals surface area contributed by atoms with E-state index in [2.05, 4.69) is 43.5 Å². The Hall–Kier alpha value is -1.92. The Morgan fingerprint density at radius 2 is 0.543 bits per heavy atom. The highest BCUT2D eigenvalue weighted by atomic mass is 16.5. The van der Waals surface area contributed by atoms with Crippen molar-refractivity contribution < 1.29 is 24.5 Å². The largest absolute Gasteiger partial charge is 0.466 e. The molecule has 0 aromatic rings. The van der Waals surface area contributed by atoms with E-state index in [1.807, 2.05) is 6.08 Å². The van der Waals surface area contributed by atoms with E-state index >= 15 is 0 Å². The maximum atomic E-state index is 12.6. The normalized spacial score (nSPS) is 12.6. The number of aliphatic hydroxyl groups is 2.